The SMILES string of the molecule is CCOc1c(Br)cc([C@H](C[N+](=O)[O-])Sc2nnc(C)n2-c2ccc(C)cc2)cc1OC. The van der Waals surface area contributed by atoms with Gasteiger partial charge in [-0.1, -0.05) is 29.5 Å². The predicted octanol–water partition coefficient (Wildman–Crippen LogP) is 5.16. The summed E-state index contributed by atoms with van der Waals surface area (Å²) in [5.74, 6) is 1.78. The van der Waals surface area contributed by atoms with Gasteiger partial charge >= 0.3 is 0 Å². The maximum Gasteiger partial charge on any atom is 0.220 e. The highest BCUT2D eigenvalue weighted by atomic mass is 79.9. The summed E-state index contributed by atoms with van der Waals surface area (Å²) < 4.78 is 13.7. The fourth-order valence-electron chi connectivity index (χ4n) is 3.09. The smallest absolute Gasteiger partial charge is 0.220 e. The summed E-state index contributed by atoms with van der Waals surface area (Å²) in [5, 5.41) is 20.0. The van der Waals surface area contributed by atoms with Crippen LogP contribution in [0.1, 0.15) is 29.1 Å². The van der Waals surface area contributed by atoms with Gasteiger partial charge in [0.25, 0.3) is 0 Å². The van der Waals surface area contributed by atoms with E-state index in [4.69, 9.17) is 9.47 Å². The van der Waals surface area contributed by atoms with Gasteiger partial charge in [-0.2, -0.15) is 0 Å². The molecule has 0 radical (unpaired) electrons. The third-order valence-electron chi connectivity index (χ3n) is 4.56. The normalized spacial score (nSPS) is 11.9. The molecule has 3 rings (SSSR count). The first-order valence-electron chi connectivity index (χ1n) is 9.61. The van der Waals surface area contributed by atoms with E-state index in [-0.39, 0.29) is 11.5 Å². The van der Waals surface area contributed by atoms with Crippen molar-refractivity contribution in [3.05, 3.63) is 67.9 Å². The molecule has 0 bridgehead atoms. The Balaban J connectivity index is 2.02. The molecule has 31 heavy (non-hydrogen) atoms. The first-order valence-corrected chi connectivity index (χ1v) is 11.3. The Bertz CT molecular complexity index is 1070. The van der Waals surface area contributed by atoms with Crippen molar-refractivity contribution in [3.63, 3.8) is 0 Å². The standard InChI is InChI=1S/C21H23BrN4O4S/c1-5-30-20-17(22)10-15(11-18(20)29-4)19(12-25(27)28)31-21-24-23-14(3)26(21)16-8-6-13(2)7-9-16/h6-11,19H,5,12H2,1-4H3/t19-/m0/s1. The Labute approximate surface area is 193 Å². The van der Waals surface area contributed by atoms with Gasteiger partial charge in [0.15, 0.2) is 16.7 Å². The molecule has 8 nitrogen and oxygen atoms in total. The first kappa shape index (κ1) is 23.1. The average Bonchev–Trinajstić information content (AvgIpc) is 3.09. The van der Waals surface area contributed by atoms with Crippen LogP contribution in [0.15, 0.2) is 46.0 Å². The predicted molar refractivity (Wildman–Crippen MR) is 123 cm³/mol. The first-order chi connectivity index (χ1) is 14.8. The lowest BCUT2D eigenvalue weighted by Crippen LogP contribution is -2.12. The molecular weight excluding hydrogens is 484 g/mol. The number of halogens is 1. The molecule has 3 aromatic rings. The molecule has 0 aliphatic rings. The molecule has 0 spiro atoms. The van der Waals surface area contributed by atoms with Crippen LogP contribution in [0.3, 0.4) is 0 Å². The minimum atomic E-state index is -0.510. The number of benzene rings is 2. The molecule has 0 N–H and O–H groups in total. The lowest BCUT2D eigenvalue weighted by atomic mass is 10.1. The summed E-state index contributed by atoms with van der Waals surface area (Å²) in [6.45, 7) is 5.94. The number of ether oxygens (including phenoxy) is 2. The fraction of sp³-hybridized carbons (Fsp3) is 0.333. The molecule has 0 saturated heterocycles. The third-order valence-corrected chi connectivity index (χ3v) is 6.33. The van der Waals surface area contributed by atoms with Crippen LogP contribution in [0.4, 0.5) is 0 Å². The molecule has 1 heterocycles. The lowest BCUT2D eigenvalue weighted by molar-refractivity contribution is -0.479. The third kappa shape index (κ3) is 5.37. The van der Waals surface area contributed by atoms with Gasteiger partial charge < -0.3 is 9.47 Å². The van der Waals surface area contributed by atoms with Crippen molar-refractivity contribution < 1.29 is 14.4 Å². The molecule has 1 atom stereocenters. The summed E-state index contributed by atoms with van der Waals surface area (Å²) in [7, 11) is 1.54. The zero-order chi connectivity index (χ0) is 22.5. The summed E-state index contributed by atoms with van der Waals surface area (Å²) in [6, 6.07) is 11.6. The van der Waals surface area contributed by atoms with E-state index in [0.29, 0.717) is 33.6 Å². The number of aryl methyl sites for hydroxylation is 2. The van der Waals surface area contributed by atoms with Gasteiger partial charge in [-0.25, -0.2) is 0 Å². The van der Waals surface area contributed by atoms with Crippen molar-refractivity contribution in [2.24, 2.45) is 0 Å². The van der Waals surface area contributed by atoms with E-state index in [1.165, 1.54) is 11.8 Å². The Kier molecular flexibility index (Phi) is 7.55. The number of hydrogen-bond donors (Lipinski definition) is 0. The maximum absolute atomic E-state index is 11.5. The molecule has 0 saturated carbocycles. The van der Waals surface area contributed by atoms with Gasteiger partial charge in [0.1, 0.15) is 11.1 Å². The van der Waals surface area contributed by atoms with Crippen LogP contribution in [-0.4, -0.2) is 39.9 Å². The van der Waals surface area contributed by atoms with Crippen LogP contribution < -0.4 is 9.47 Å². The van der Waals surface area contributed by atoms with E-state index in [0.717, 1.165) is 16.8 Å². The van der Waals surface area contributed by atoms with Crippen LogP contribution in [0.25, 0.3) is 5.69 Å². The molecule has 164 valence electrons. The van der Waals surface area contributed by atoms with E-state index in [1.807, 2.05) is 55.7 Å². The van der Waals surface area contributed by atoms with Crippen LogP contribution in [0, 0.1) is 24.0 Å². The second-order valence-electron chi connectivity index (χ2n) is 6.79. The van der Waals surface area contributed by atoms with Gasteiger partial charge in [0.2, 0.25) is 6.54 Å². The van der Waals surface area contributed by atoms with Crippen molar-refractivity contribution in [1.29, 1.82) is 0 Å². The minimum Gasteiger partial charge on any atom is -0.493 e. The number of aromatic nitrogens is 3. The molecule has 2 aromatic carbocycles. The van der Waals surface area contributed by atoms with Crippen LogP contribution in [-0.2, 0) is 0 Å². The monoisotopic (exact) mass is 506 g/mol. The number of thioether (sulfide) groups is 1. The topological polar surface area (TPSA) is 92.3 Å². The highest BCUT2D eigenvalue weighted by Gasteiger charge is 2.26. The number of methoxy groups -OCH3 is 1. The average molecular weight is 507 g/mol. The Morgan fingerprint density at radius 1 is 1.23 bits per heavy atom. The largest absolute Gasteiger partial charge is 0.493 e. The van der Waals surface area contributed by atoms with Crippen LogP contribution in [0.5, 0.6) is 11.5 Å². The Hall–Kier alpha value is -2.59. The second-order valence-corrected chi connectivity index (χ2v) is 8.81. The van der Waals surface area contributed by atoms with E-state index in [1.54, 1.807) is 13.2 Å². The van der Waals surface area contributed by atoms with Gasteiger partial charge in [0, 0.05) is 10.6 Å². The van der Waals surface area contributed by atoms with Gasteiger partial charge in [-0.15, -0.1) is 10.2 Å². The Morgan fingerprint density at radius 2 is 1.94 bits per heavy atom. The van der Waals surface area contributed by atoms with Crippen molar-refractivity contribution in [3.8, 4) is 17.2 Å². The van der Waals surface area contributed by atoms with Crippen molar-refractivity contribution in [1.82, 2.24) is 14.8 Å². The minimum absolute atomic E-state index is 0.284. The number of nitrogens with zero attached hydrogens (tertiary/aromatic N) is 4. The Morgan fingerprint density at radius 3 is 2.55 bits per heavy atom. The van der Waals surface area contributed by atoms with Gasteiger partial charge in [0.05, 0.1) is 18.2 Å². The zero-order valence-electron chi connectivity index (χ0n) is 17.7. The molecule has 1 aromatic heterocycles. The number of nitro groups is 1. The molecule has 0 unspecified atom stereocenters. The van der Waals surface area contributed by atoms with E-state index in [9.17, 15) is 10.1 Å². The highest BCUT2D eigenvalue weighted by Crippen LogP contribution is 2.43. The molecule has 0 amide bonds. The molecule has 10 heteroatoms. The van der Waals surface area contributed by atoms with Crippen molar-refractivity contribution in [2.45, 2.75) is 31.2 Å². The zero-order valence-corrected chi connectivity index (χ0v) is 20.1. The molecular formula is C21H23BrN4O4S. The van der Waals surface area contributed by atoms with Gasteiger partial charge in [-0.3, -0.25) is 14.7 Å². The van der Waals surface area contributed by atoms with E-state index in [2.05, 4.69) is 26.1 Å². The van der Waals surface area contributed by atoms with E-state index >= 15 is 0 Å². The highest BCUT2D eigenvalue weighted by molar-refractivity contribution is 9.10. The summed E-state index contributed by atoms with van der Waals surface area (Å²) in [4.78, 5) is 11.1. The molecule has 0 aliphatic carbocycles. The summed E-state index contributed by atoms with van der Waals surface area (Å²) in [6.07, 6.45) is 0. The summed E-state index contributed by atoms with van der Waals surface area (Å²) in [5.41, 5.74) is 2.77. The van der Waals surface area contributed by atoms with E-state index < -0.39 is 5.25 Å². The molecule has 0 fully saturated rings. The second kappa shape index (κ2) is 10.1. The van der Waals surface area contributed by atoms with Crippen molar-refractivity contribution in [2.75, 3.05) is 20.3 Å². The maximum atomic E-state index is 11.5. The van der Waals surface area contributed by atoms with Crippen molar-refractivity contribution >= 4 is 27.7 Å². The van der Waals surface area contributed by atoms with Crippen LogP contribution >= 0.6 is 27.7 Å². The lowest BCUT2D eigenvalue weighted by Gasteiger charge is -2.18. The fourth-order valence-corrected chi connectivity index (χ4v) is 4.82. The summed E-state index contributed by atoms with van der Waals surface area (Å²) >= 11 is 4.80. The van der Waals surface area contributed by atoms with Crippen LogP contribution in [0.2, 0.25) is 0 Å². The quantitative estimate of drug-likeness (QED) is 0.224. The molecule has 0 aliphatic heterocycles. The van der Waals surface area contributed by atoms with Gasteiger partial charge in [-0.05, 0) is 66.5 Å². The number of hydrogen-bond acceptors (Lipinski definition) is 7. The number of rotatable bonds is 9.